The molecule has 0 aromatic heterocycles. The van der Waals surface area contributed by atoms with Crippen LogP contribution in [0.2, 0.25) is 0 Å². The second kappa shape index (κ2) is 9.35. The van der Waals surface area contributed by atoms with Gasteiger partial charge in [-0.3, -0.25) is 14.7 Å². The van der Waals surface area contributed by atoms with Gasteiger partial charge in [-0.25, -0.2) is 4.39 Å². The zero-order valence-electron chi connectivity index (χ0n) is 17.5. The highest BCUT2D eigenvalue weighted by Crippen LogP contribution is 2.37. The predicted molar refractivity (Wildman–Crippen MR) is 126 cm³/mol. The standard InChI is InChI=1S/C25H23FN2O2S/c1-3-27-25-28(4-2)24(29)23(31-25)15-21-20-8-6-5-7-18(20)11-14-22(21)30-16-17-9-12-19(26)13-10-17/h5-15H,3-4,16H2,1-2H3/b23-15-,27-25?. The number of carbonyl (C=O) groups excluding carboxylic acids is 1. The summed E-state index contributed by atoms with van der Waals surface area (Å²) in [6, 6.07) is 18.2. The number of carbonyl (C=O) groups is 1. The molecule has 3 aromatic carbocycles. The van der Waals surface area contributed by atoms with Crippen LogP contribution in [0.5, 0.6) is 5.75 Å². The first-order chi connectivity index (χ1) is 15.1. The van der Waals surface area contributed by atoms with Gasteiger partial charge < -0.3 is 4.74 Å². The van der Waals surface area contributed by atoms with E-state index >= 15 is 0 Å². The number of nitrogens with zero attached hydrogens (tertiary/aromatic N) is 2. The minimum absolute atomic E-state index is 0.0443. The molecular weight excluding hydrogens is 411 g/mol. The molecule has 4 nitrogen and oxygen atoms in total. The van der Waals surface area contributed by atoms with Crippen molar-refractivity contribution in [3.8, 4) is 5.75 Å². The van der Waals surface area contributed by atoms with E-state index in [4.69, 9.17) is 4.74 Å². The minimum Gasteiger partial charge on any atom is -0.488 e. The number of aliphatic imine (C=N–C) groups is 1. The first-order valence-electron chi connectivity index (χ1n) is 10.3. The molecule has 0 saturated carbocycles. The Hall–Kier alpha value is -3.12. The molecule has 0 unspecified atom stereocenters. The van der Waals surface area contributed by atoms with Crippen LogP contribution in [0, 0.1) is 5.82 Å². The quantitative estimate of drug-likeness (QED) is 0.456. The van der Waals surface area contributed by atoms with Crippen LogP contribution in [0.25, 0.3) is 16.8 Å². The second-order valence-electron chi connectivity index (χ2n) is 7.03. The van der Waals surface area contributed by atoms with E-state index in [9.17, 15) is 9.18 Å². The highest BCUT2D eigenvalue weighted by Gasteiger charge is 2.32. The SMILES string of the molecule is CCN=C1S/C(=C\c2c(OCc3ccc(F)cc3)ccc3ccccc23)C(=O)N1CC. The number of fused-ring (bicyclic) bond motifs is 1. The summed E-state index contributed by atoms with van der Waals surface area (Å²) in [6.07, 6.45) is 1.90. The fourth-order valence-electron chi connectivity index (χ4n) is 3.46. The number of thioether (sulfide) groups is 1. The van der Waals surface area contributed by atoms with E-state index in [1.165, 1.54) is 23.9 Å². The lowest BCUT2D eigenvalue weighted by Gasteiger charge is -2.13. The van der Waals surface area contributed by atoms with E-state index in [-0.39, 0.29) is 11.7 Å². The molecule has 1 fully saturated rings. The van der Waals surface area contributed by atoms with Crippen molar-refractivity contribution in [2.24, 2.45) is 4.99 Å². The molecule has 3 aromatic rings. The molecule has 1 aliphatic heterocycles. The van der Waals surface area contributed by atoms with Crippen molar-refractivity contribution in [1.82, 2.24) is 4.90 Å². The molecule has 6 heteroatoms. The number of amidine groups is 1. The summed E-state index contributed by atoms with van der Waals surface area (Å²) in [5.74, 6) is 0.353. The Morgan fingerprint density at radius 3 is 2.58 bits per heavy atom. The van der Waals surface area contributed by atoms with Crippen molar-refractivity contribution >= 4 is 39.7 Å². The zero-order valence-corrected chi connectivity index (χ0v) is 18.3. The molecule has 1 heterocycles. The lowest BCUT2D eigenvalue weighted by atomic mass is 10.0. The summed E-state index contributed by atoms with van der Waals surface area (Å²) in [6.45, 7) is 5.41. The third-order valence-corrected chi connectivity index (χ3v) is 6.06. The van der Waals surface area contributed by atoms with Crippen LogP contribution in [-0.2, 0) is 11.4 Å². The minimum atomic E-state index is -0.276. The summed E-state index contributed by atoms with van der Waals surface area (Å²) < 4.78 is 19.3. The maximum atomic E-state index is 13.2. The van der Waals surface area contributed by atoms with E-state index in [1.807, 2.05) is 56.3 Å². The van der Waals surface area contributed by atoms with Gasteiger partial charge >= 0.3 is 0 Å². The fraction of sp³-hybridized carbons (Fsp3) is 0.200. The number of amides is 1. The maximum Gasteiger partial charge on any atom is 0.266 e. The number of ether oxygens (including phenoxy) is 1. The van der Waals surface area contributed by atoms with Gasteiger partial charge in [0.2, 0.25) is 0 Å². The monoisotopic (exact) mass is 434 g/mol. The Kier molecular flexibility index (Phi) is 6.37. The highest BCUT2D eigenvalue weighted by molar-refractivity contribution is 8.18. The molecule has 4 rings (SSSR count). The van der Waals surface area contributed by atoms with Gasteiger partial charge in [-0.1, -0.05) is 42.5 Å². The molecule has 1 amide bonds. The molecule has 0 N–H and O–H groups in total. The van der Waals surface area contributed by atoms with Gasteiger partial charge in [-0.15, -0.1) is 0 Å². The maximum absolute atomic E-state index is 13.2. The van der Waals surface area contributed by atoms with Crippen LogP contribution in [0.1, 0.15) is 25.0 Å². The van der Waals surface area contributed by atoms with E-state index in [1.54, 1.807) is 17.0 Å². The molecule has 0 spiro atoms. The van der Waals surface area contributed by atoms with E-state index < -0.39 is 0 Å². The van der Waals surface area contributed by atoms with Crippen LogP contribution in [0.4, 0.5) is 4.39 Å². The van der Waals surface area contributed by atoms with Gasteiger partial charge in [-0.05, 0) is 66.2 Å². The fourth-order valence-corrected chi connectivity index (χ4v) is 4.55. The first kappa shape index (κ1) is 21.1. The average Bonchev–Trinajstić information content (AvgIpc) is 3.08. The van der Waals surface area contributed by atoms with Crippen molar-refractivity contribution in [1.29, 1.82) is 0 Å². The number of likely N-dealkylation sites (N-methyl/N-ethyl adjacent to an activating group) is 1. The van der Waals surface area contributed by atoms with Crippen LogP contribution >= 0.6 is 11.8 Å². The van der Waals surface area contributed by atoms with Crippen LogP contribution in [-0.4, -0.2) is 29.1 Å². The Balaban J connectivity index is 1.74. The van der Waals surface area contributed by atoms with Gasteiger partial charge in [0.25, 0.3) is 5.91 Å². The van der Waals surface area contributed by atoms with E-state index in [0.29, 0.717) is 30.4 Å². The van der Waals surface area contributed by atoms with Crippen molar-refractivity contribution in [3.05, 3.63) is 82.5 Å². The van der Waals surface area contributed by atoms with Gasteiger partial charge in [0.1, 0.15) is 18.2 Å². The van der Waals surface area contributed by atoms with Crippen molar-refractivity contribution in [2.75, 3.05) is 13.1 Å². The second-order valence-corrected chi connectivity index (χ2v) is 8.04. The lowest BCUT2D eigenvalue weighted by Crippen LogP contribution is -2.28. The van der Waals surface area contributed by atoms with Crippen molar-refractivity contribution < 1.29 is 13.9 Å². The molecule has 1 saturated heterocycles. The number of halogens is 1. The number of benzene rings is 3. The number of rotatable bonds is 6. The van der Waals surface area contributed by atoms with Gasteiger partial charge in [0.05, 0.1) is 4.91 Å². The zero-order chi connectivity index (χ0) is 21.8. The summed E-state index contributed by atoms with van der Waals surface area (Å²) in [5, 5.41) is 2.80. The van der Waals surface area contributed by atoms with Crippen LogP contribution in [0.15, 0.2) is 70.6 Å². The van der Waals surface area contributed by atoms with Gasteiger partial charge in [-0.2, -0.15) is 0 Å². The molecule has 0 radical (unpaired) electrons. The highest BCUT2D eigenvalue weighted by atomic mass is 32.2. The largest absolute Gasteiger partial charge is 0.488 e. The Morgan fingerprint density at radius 2 is 1.84 bits per heavy atom. The van der Waals surface area contributed by atoms with Crippen molar-refractivity contribution in [2.45, 2.75) is 20.5 Å². The smallest absolute Gasteiger partial charge is 0.266 e. The average molecular weight is 435 g/mol. The molecular formula is C25H23FN2O2S. The summed E-state index contributed by atoms with van der Waals surface area (Å²) in [4.78, 5) is 19.8. The predicted octanol–water partition coefficient (Wildman–Crippen LogP) is 5.87. The first-order valence-corrected chi connectivity index (χ1v) is 11.1. The topological polar surface area (TPSA) is 41.9 Å². The normalized spacial score (nSPS) is 16.6. The van der Waals surface area contributed by atoms with Crippen LogP contribution < -0.4 is 4.74 Å². The summed E-state index contributed by atoms with van der Waals surface area (Å²) >= 11 is 1.39. The Labute approximate surface area is 185 Å². The summed E-state index contributed by atoms with van der Waals surface area (Å²) in [5.41, 5.74) is 1.72. The Bertz CT molecular complexity index is 1170. The number of hydrogen-bond acceptors (Lipinski definition) is 4. The van der Waals surface area contributed by atoms with E-state index in [2.05, 4.69) is 4.99 Å². The number of hydrogen-bond donors (Lipinski definition) is 0. The molecule has 0 atom stereocenters. The van der Waals surface area contributed by atoms with Gasteiger partial charge in [0.15, 0.2) is 5.17 Å². The molecule has 158 valence electrons. The summed E-state index contributed by atoms with van der Waals surface area (Å²) in [7, 11) is 0. The van der Waals surface area contributed by atoms with E-state index in [0.717, 1.165) is 27.1 Å². The van der Waals surface area contributed by atoms with Gasteiger partial charge in [0, 0.05) is 18.7 Å². The van der Waals surface area contributed by atoms with Crippen molar-refractivity contribution in [3.63, 3.8) is 0 Å². The molecule has 31 heavy (non-hydrogen) atoms. The lowest BCUT2D eigenvalue weighted by molar-refractivity contribution is -0.122. The molecule has 0 aliphatic carbocycles. The third kappa shape index (κ3) is 4.49. The Morgan fingerprint density at radius 1 is 1.06 bits per heavy atom. The molecule has 0 bridgehead atoms. The van der Waals surface area contributed by atoms with Crippen LogP contribution in [0.3, 0.4) is 0 Å². The third-order valence-electron chi connectivity index (χ3n) is 5.01. The molecule has 1 aliphatic rings.